The zero-order valence-electron chi connectivity index (χ0n) is 21.1. The van der Waals surface area contributed by atoms with Gasteiger partial charge in [-0.25, -0.2) is 4.98 Å². The Morgan fingerprint density at radius 3 is 2.33 bits per heavy atom. The van der Waals surface area contributed by atoms with Gasteiger partial charge in [-0.3, -0.25) is 14.2 Å². The molecule has 0 aliphatic carbocycles. The van der Waals surface area contributed by atoms with Crippen LogP contribution in [0.4, 0.5) is 0 Å². The van der Waals surface area contributed by atoms with Gasteiger partial charge in [0.2, 0.25) is 5.91 Å². The average Bonchev–Trinajstić information content (AvgIpc) is 2.73. The Bertz CT molecular complexity index is 1190. The number of hydrogen-bond donors (Lipinski definition) is 0. The third-order valence-corrected chi connectivity index (χ3v) is 6.09. The van der Waals surface area contributed by atoms with Gasteiger partial charge in [-0.1, -0.05) is 57.5 Å². The standard InChI is InChI=1S/C28H37N3O2/c1-18(2)14-15-30(26(32)16-19(3)4)22(7)27-29-24-11-9-8-10-23(24)28(33)31(27)25-13-12-20(5)17-21(25)6/h8-13,17-19,22H,14-16H2,1-7H3. The average molecular weight is 448 g/mol. The number of aryl methyl sites for hydroxylation is 2. The summed E-state index contributed by atoms with van der Waals surface area (Å²) >= 11 is 0. The first-order valence-corrected chi connectivity index (χ1v) is 12.0. The second-order valence-corrected chi connectivity index (χ2v) is 9.96. The van der Waals surface area contributed by atoms with Gasteiger partial charge in [-0.15, -0.1) is 0 Å². The second kappa shape index (κ2) is 10.3. The summed E-state index contributed by atoms with van der Waals surface area (Å²) in [5, 5.41) is 0.579. The van der Waals surface area contributed by atoms with Crippen LogP contribution in [0.25, 0.3) is 16.6 Å². The van der Waals surface area contributed by atoms with E-state index in [9.17, 15) is 9.59 Å². The molecular weight excluding hydrogens is 410 g/mol. The molecule has 1 unspecified atom stereocenters. The second-order valence-electron chi connectivity index (χ2n) is 9.96. The van der Waals surface area contributed by atoms with Gasteiger partial charge in [0.15, 0.2) is 0 Å². The van der Waals surface area contributed by atoms with E-state index in [-0.39, 0.29) is 23.4 Å². The van der Waals surface area contributed by atoms with Gasteiger partial charge < -0.3 is 4.90 Å². The summed E-state index contributed by atoms with van der Waals surface area (Å²) in [6.45, 7) is 15.1. The summed E-state index contributed by atoms with van der Waals surface area (Å²) in [5.41, 5.74) is 3.51. The lowest BCUT2D eigenvalue weighted by molar-refractivity contribution is -0.134. The summed E-state index contributed by atoms with van der Waals surface area (Å²) in [6.07, 6.45) is 1.37. The van der Waals surface area contributed by atoms with Crippen LogP contribution in [0.3, 0.4) is 0 Å². The molecule has 0 aliphatic rings. The molecule has 3 rings (SSSR count). The summed E-state index contributed by atoms with van der Waals surface area (Å²) in [6, 6.07) is 13.2. The molecule has 0 saturated carbocycles. The van der Waals surface area contributed by atoms with Gasteiger partial charge in [0.25, 0.3) is 5.56 Å². The predicted molar refractivity (Wildman–Crippen MR) is 136 cm³/mol. The zero-order valence-corrected chi connectivity index (χ0v) is 21.1. The highest BCUT2D eigenvalue weighted by Crippen LogP contribution is 2.26. The minimum atomic E-state index is -0.340. The van der Waals surface area contributed by atoms with E-state index in [1.807, 2.05) is 62.1 Å². The number of aromatic nitrogens is 2. The molecule has 176 valence electrons. The highest BCUT2D eigenvalue weighted by Gasteiger charge is 2.27. The molecule has 0 radical (unpaired) electrons. The van der Waals surface area contributed by atoms with Crippen molar-refractivity contribution in [2.24, 2.45) is 11.8 Å². The molecule has 0 bridgehead atoms. The molecule has 0 fully saturated rings. The van der Waals surface area contributed by atoms with Crippen LogP contribution in [0, 0.1) is 25.7 Å². The van der Waals surface area contributed by atoms with E-state index in [4.69, 9.17) is 4.98 Å². The maximum atomic E-state index is 13.7. The summed E-state index contributed by atoms with van der Waals surface area (Å²) in [4.78, 5) is 33.9. The first-order valence-electron chi connectivity index (χ1n) is 12.0. The summed E-state index contributed by atoms with van der Waals surface area (Å²) < 4.78 is 1.72. The molecule has 0 saturated heterocycles. The van der Waals surface area contributed by atoms with E-state index in [2.05, 4.69) is 33.8 Å². The van der Waals surface area contributed by atoms with Crippen molar-refractivity contribution in [1.82, 2.24) is 14.5 Å². The number of fused-ring (bicyclic) bond motifs is 1. The molecule has 33 heavy (non-hydrogen) atoms. The highest BCUT2D eigenvalue weighted by molar-refractivity contribution is 5.79. The molecule has 1 heterocycles. The Balaban J connectivity index is 2.24. The van der Waals surface area contributed by atoms with Crippen LogP contribution in [0.2, 0.25) is 0 Å². The Labute approximate surface area is 197 Å². The maximum Gasteiger partial charge on any atom is 0.266 e. The minimum absolute atomic E-state index is 0.102. The number of benzene rings is 2. The van der Waals surface area contributed by atoms with Gasteiger partial charge in [0, 0.05) is 13.0 Å². The normalized spacial score (nSPS) is 12.5. The minimum Gasteiger partial charge on any atom is -0.333 e. The number of carbonyl (C=O) groups is 1. The van der Waals surface area contributed by atoms with Crippen LogP contribution in [0.1, 0.15) is 70.5 Å². The maximum absolute atomic E-state index is 13.7. The summed E-state index contributed by atoms with van der Waals surface area (Å²) in [7, 11) is 0. The van der Waals surface area contributed by atoms with Crippen LogP contribution >= 0.6 is 0 Å². The van der Waals surface area contributed by atoms with E-state index in [1.54, 1.807) is 4.57 Å². The van der Waals surface area contributed by atoms with Crippen molar-refractivity contribution in [2.75, 3.05) is 6.54 Å². The predicted octanol–water partition coefficient (Wildman–Crippen LogP) is 5.98. The lowest BCUT2D eigenvalue weighted by Crippen LogP contribution is -2.39. The Morgan fingerprint density at radius 2 is 1.70 bits per heavy atom. The molecule has 1 aromatic heterocycles. The Hall–Kier alpha value is -2.95. The molecule has 0 N–H and O–H groups in total. The van der Waals surface area contributed by atoms with E-state index >= 15 is 0 Å². The molecule has 1 atom stereocenters. The molecule has 2 aromatic carbocycles. The fourth-order valence-electron chi connectivity index (χ4n) is 4.26. The van der Waals surface area contributed by atoms with Gasteiger partial charge in [0.05, 0.1) is 22.6 Å². The fourth-order valence-corrected chi connectivity index (χ4v) is 4.26. The fraction of sp³-hybridized carbons (Fsp3) is 0.464. The van der Waals surface area contributed by atoms with Crippen molar-refractivity contribution in [1.29, 1.82) is 0 Å². The number of rotatable bonds is 8. The van der Waals surface area contributed by atoms with E-state index < -0.39 is 0 Å². The van der Waals surface area contributed by atoms with Crippen LogP contribution in [-0.2, 0) is 4.79 Å². The SMILES string of the molecule is Cc1ccc(-n2c(C(C)N(CCC(C)C)C(=O)CC(C)C)nc3ccccc3c2=O)c(C)c1. The van der Waals surface area contributed by atoms with Crippen molar-refractivity contribution in [2.45, 2.75) is 67.3 Å². The van der Waals surface area contributed by atoms with Crippen LogP contribution in [0.5, 0.6) is 0 Å². The third-order valence-electron chi connectivity index (χ3n) is 6.09. The molecular formula is C28H37N3O2. The monoisotopic (exact) mass is 447 g/mol. The zero-order chi connectivity index (χ0) is 24.3. The first kappa shape index (κ1) is 24.7. The number of amides is 1. The molecule has 1 amide bonds. The van der Waals surface area contributed by atoms with E-state index in [1.165, 1.54) is 0 Å². The van der Waals surface area contributed by atoms with Gasteiger partial charge >= 0.3 is 0 Å². The molecule has 5 heteroatoms. The molecule has 5 nitrogen and oxygen atoms in total. The number of para-hydroxylation sites is 1. The van der Waals surface area contributed by atoms with Crippen LogP contribution in [-0.4, -0.2) is 26.9 Å². The van der Waals surface area contributed by atoms with E-state index in [0.717, 1.165) is 23.2 Å². The highest BCUT2D eigenvalue weighted by atomic mass is 16.2. The Morgan fingerprint density at radius 1 is 1.00 bits per heavy atom. The molecule has 0 spiro atoms. The number of carbonyl (C=O) groups excluding carboxylic acids is 1. The Kier molecular flexibility index (Phi) is 7.72. The van der Waals surface area contributed by atoms with Crippen molar-refractivity contribution in [3.63, 3.8) is 0 Å². The smallest absolute Gasteiger partial charge is 0.266 e. The topological polar surface area (TPSA) is 55.2 Å². The molecule has 3 aromatic rings. The van der Waals surface area contributed by atoms with Gasteiger partial charge in [0.1, 0.15) is 5.82 Å². The number of hydrogen-bond acceptors (Lipinski definition) is 3. The lowest BCUT2D eigenvalue weighted by atomic mass is 10.1. The third kappa shape index (κ3) is 5.52. The quantitative estimate of drug-likeness (QED) is 0.426. The van der Waals surface area contributed by atoms with E-state index in [0.29, 0.717) is 35.6 Å². The van der Waals surface area contributed by atoms with Gasteiger partial charge in [-0.05, 0) is 62.8 Å². The number of nitrogens with zero attached hydrogens (tertiary/aromatic N) is 3. The van der Waals surface area contributed by atoms with Crippen molar-refractivity contribution in [3.8, 4) is 5.69 Å². The van der Waals surface area contributed by atoms with Crippen LogP contribution < -0.4 is 5.56 Å². The van der Waals surface area contributed by atoms with Crippen molar-refractivity contribution < 1.29 is 4.79 Å². The van der Waals surface area contributed by atoms with Crippen molar-refractivity contribution in [3.05, 3.63) is 69.8 Å². The largest absolute Gasteiger partial charge is 0.333 e. The molecule has 0 aliphatic heterocycles. The lowest BCUT2D eigenvalue weighted by Gasteiger charge is -2.32. The van der Waals surface area contributed by atoms with Gasteiger partial charge in [-0.2, -0.15) is 0 Å². The van der Waals surface area contributed by atoms with Crippen molar-refractivity contribution >= 4 is 16.8 Å². The summed E-state index contributed by atoms with van der Waals surface area (Å²) in [5.74, 6) is 1.44. The first-order chi connectivity index (χ1) is 15.6. The van der Waals surface area contributed by atoms with Crippen LogP contribution in [0.15, 0.2) is 47.3 Å².